The van der Waals surface area contributed by atoms with E-state index in [0.29, 0.717) is 0 Å². The highest BCUT2D eigenvalue weighted by atomic mass is 16.3. The Bertz CT molecular complexity index is 3200. The molecule has 0 amide bonds. The van der Waals surface area contributed by atoms with E-state index in [1.165, 1.54) is 32.9 Å². The fraction of sp³-hybridized carbons (Fsp3) is 0. The van der Waals surface area contributed by atoms with Gasteiger partial charge in [-0.15, -0.1) is 0 Å². The number of nitrogens with zero attached hydrogens (tertiary/aromatic N) is 2. The van der Waals surface area contributed by atoms with Gasteiger partial charge >= 0.3 is 0 Å². The molecular weight excluding hydrogens is 693 g/mol. The normalized spacial score (nSPS) is 11.5. The summed E-state index contributed by atoms with van der Waals surface area (Å²) < 4.78 is 8.82. The van der Waals surface area contributed by atoms with Gasteiger partial charge < -0.3 is 13.9 Å². The number of furan rings is 1. The SMILES string of the molecule is c1ccc(-c2ccc(N(c3ccc(-c4ccc5c(ccc6cc(-c7ccccc7)oc65)c4)cc3)c3ccc4c5ccccc5n(-c5ccccc5)c4c3)cc2)cc1. The lowest BCUT2D eigenvalue weighted by Crippen LogP contribution is -2.10. The van der Waals surface area contributed by atoms with Gasteiger partial charge in [-0.2, -0.15) is 0 Å². The molecule has 0 aliphatic carbocycles. The number of aromatic nitrogens is 1. The number of anilines is 3. The summed E-state index contributed by atoms with van der Waals surface area (Å²) in [5.41, 5.74) is 13.5. The number of benzene rings is 9. The van der Waals surface area contributed by atoms with E-state index < -0.39 is 0 Å². The van der Waals surface area contributed by atoms with Gasteiger partial charge in [0.05, 0.1) is 11.0 Å². The Morgan fingerprint density at radius 1 is 0.333 bits per heavy atom. The lowest BCUT2D eigenvalue weighted by atomic mass is 9.99. The number of fused-ring (bicyclic) bond motifs is 6. The monoisotopic (exact) mass is 728 g/mol. The molecule has 3 heteroatoms. The molecule has 0 radical (unpaired) electrons. The van der Waals surface area contributed by atoms with E-state index in [1.54, 1.807) is 0 Å². The fourth-order valence-electron chi connectivity index (χ4n) is 8.39. The first-order chi connectivity index (χ1) is 28.2. The maximum Gasteiger partial charge on any atom is 0.142 e. The fourth-order valence-corrected chi connectivity index (χ4v) is 8.39. The maximum atomic E-state index is 6.44. The van der Waals surface area contributed by atoms with Crippen molar-refractivity contribution in [1.82, 2.24) is 4.57 Å². The van der Waals surface area contributed by atoms with Crippen molar-refractivity contribution in [1.29, 1.82) is 0 Å². The van der Waals surface area contributed by atoms with E-state index in [0.717, 1.165) is 66.9 Å². The van der Waals surface area contributed by atoms with E-state index >= 15 is 0 Å². The first-order valence-corrected chi connectivity index (χ1v) is 19.4. The van der Waals surface area contributed by atoms with E-state index in [-0.39, 0.29) is 0 Å². The summed E-state index contributed by atoms with van der Waals surface area (Å²) in [6.45, 7) is 0. The van der Waals surface area contributed by atoms with Gasteiger partial charge in [0, 0.05) is 49.9 Å². The third-order valence-electron chi connectivity index (χ3n) is 11.2. The molecule has 268 valence electrons. The van der Waals surface area contributed by atoms with Crippen LogP contribution in [0.1, 0.15) is 0 Å². The van der Waals surface area contributed by atoms with Gasteiger partial charge in [0.1, 0.15) is 11.3 Å². The molecule has 9 aromatic carbocycles. The molecule has 0 saturated heterocycles. The van der Waals surface area contributed by atoms with Gasteiger partial charge in [0.25, 0.3) is 0 Å². The number of hydrogen-bond acceptors (Lipinski definition) is 2. The zero-order valence-electron chi connectivity index (χ0n) is 31.1. The Labute approximate surface area is 330 Å². The van der Waals surface area contributed by atoms with E-state index in [1.807, 2.05) is 18.2 Å². The van der Waals surface area contributed by atoms with Crippen molar-refractivity contribution >= 4 is 60.6 Å². The van der Waals surface area contributed by atoms with Crippen molar-refractivity contribution < 1.29 is 4.42 Å². The van der Waals surface area contributed by atoms with Crippen LogP contribution in [0.15, 0.2) is 223 Å². The molecule has 0 atom stereocenters. The molecule has 11 aromatic rings. The average molecular weight is 729 g/mol. The Hall–Kier alpha value is -7.62. The highest BCUT2D eigenvalue weighted by molar-refractivity contribution is 6.10. The maximum absolute atomic E-state index is 6.44. The lowest BCUT2D eigenvalue weighted by Gasteiger charge is -2.26. The van der Waals surface area contributed by atoms with Gasteiger partial charge in [-0.1, -0.05) is 146 Å². The second kappa shape index (κ2) is 13.6. The number of rotatable bonds is 7. The van der Waals surface area contributed by atoms with Gasteiger partial charge in [-0.3, -0.25) is 0 Å². The molecule has 57 heavy (non-hydrogen) atoms. The Balaban J connectivity index is 1.01. The van der Waals surface area contributed by atoms with Gasteiger partial charge in [-0.25, -0.2) is 0 Å². The number of hydrogen-bond donors (Lipinski definition) is 0. The minimum absolute atomic E-state index is 0.887. The zero-order valence-corrected chi connectivity index (χ0v) is 31.1. The van der Waals surface area contributed by atoms with Crippen LogP contribution < -0.4 is 4.90 Å². The van der Waals surface area contributed by atoms with E-state index in [2.05, 4.69) is 210 Å². The lowest BCUT2D eigenvalue weighted by molar-refractivity contribution is 0.635. The van der Waals surface area contributed by atoms with Crippen molar-refractivity contribution in [2.45, 2.75) is 0 Å². The van der Waals surface area contributed by atoms with Crippen molar-refractivity contribution in [3.63, 3.8) is 0 Å². The summed E-state index contributed by atoms with van der Waals surface area (Å²) in [5.74, 6) is 0.887. The molecular formula is C54H36N2O. The summed E-state index contributed by atoms with van der Waals surface area (Å²) in [5, 5.41) is 5.85. The van der Waals surface area contributed by atoms with Crippen LogP contribution in [0.4, 0.5) is 17.1 Å². The van der Waals surface area contributed by atoms with Crippen LogP contribution in [0.5, 0.6) is 0 Å². The van der Waals surface area contributed by atoms with Gasteiger partial charge in [0.2, 0.25) is 0 Å². The molecule has 0 saturated carbocycles. The minimum atomic E-state index is 0.887. The predicted octanol–water partition coefficient (Wildman–Crippen LogP) is 15.2. The third-order valence-corrected chi connectivity index (χ3v) is 11.2. The molecule has 0 aliphatic heterocycles. The standard InChI is InChI=1S/C54H36N2O/c1-4-12-37(13-5-1)38-22-27-45(28-23-38)55(47-31-33-50-49-18-10-11-19-51(49)56(52(50)36-47)44-16-8-3-9-17-44)46-29-24-39(25-30-46)41-26-32-48-42(34-41)20-21-43-35-53(57-54(43)48)40-14-6-2-7-15-40/h1-36H. The highest BCUT2D eigenvalue weighted by Gasteiger charge is 2.18. The summed E-state index contributed by atoms with van der Waals surface area (Å²) in [4.78, 5) is 2.36. The van der Waals surface area contributed by atoms with Crippen LogP contribution in [-0.4, -0.2) is 4.57 Å². The van der Waals surface area contributed by atoms with Gasteiger partial charge in [0.15, 0.2) is 0 Å². The first kappa shape index (κ1) is 32.8. The van der Waals surface area contributed by atoms with E-state index in [9.17, 15) is 0 Å². The summed E-state index contributed by atoms with van der Waals surface area (Å²) in [7, 11) is 0. The van der Waals surface area contributed by atoms with Crippen LogP contribution in [0, 0.1) is 0 Å². The molecule has 2 aromatic heterocycles. The minimum Gasteiger partial charge on any atom is -0.455 e. The largest absolute Gasteiger partial charge is 0.455 e. The molecule has 11 rings (SSSR count). The molecule has 0 fully saturated rings. The van der Waals surface area contributed by atoms with Crippen LogP contribution in [-0.2, 0) is 0 Å². The molecule has 0 bridgehead atoms. The van der Waals surface area contributed by atoms with Crippen molar-refractivity contribution in [3.8, 4) is 39.3 Å². The third kappa shape index (κ3) is 5.76. The molecule has 3 nitrogen and oxygen atoms in total. The summed E-state index contributed by atoms with van der Waals surface area (Å²) in [6.07, 6.45) is 0. The predicted molar refractivity (Wildman–Crippen MR) is 239 cm³/mol. The topological polar surface area (TPSA) is 21.3 Å². The quantitative estimate of drug-likeness (QED) is 0.163. The summed E-state index contributed by atoms with van der Waals surface area (Å²) in [6, 6.07) is 78.1. The first-order valence-electron chi connectivity index (χ1n) is 19.4. The van der Waals surface area contributed by atoms with Crippen LogP contribution in [0.3, 0.4) is 0 Å². The molecule has 0 spiro atoms. The van der Waals surface area contributed by atoms with Crippen molar-refractivity contribution in [3.05, 3.63) is 218 Å². The van der Waals surface area contributed by atoms with Gasteiger partial charge in [-0.05, 0) is 100 Å². The van der Waals surface area contributed by atoms with Crippen LogP contribution >= 0.6 is 0 Å². The molecule has 0 N–H and O–H groups in total. The average Bonchev–Trinajstić information content (AvgIpc) is 3.88. The summed E-state index contributed by atoms with van der Waals surface area (Å²) >= 11 is 0. The molecule has 0 aliphatic rings. The molecule has 2 heterocycles. The van der Waals surface area contributed by atoms with Crippen LogP contribution in [0.2, 0.25) is 0 Å². The van der Waals surface area contributed by atoms with Crippen molar-refractivity contribution in [2.75, 3.05) is 4.90 Å². The van der Waals surface area contributed by atoms with E-state index in [4.69, 9.17) is 4.42 Å². The van der Waals surface area contributed by atoms with Crippen LogP contribution in [0.25, 0.3) is 82.8 Å². The highest BCUT2D eigenvalue weighted by Crippen LogP contribution is 2.41. The number of para-hydroxylation sites is 2. The smallest absolute Gasteiger partial charge is 0.142 e. The Kier molecular flexibility index (Phi) is 7.82. The Morgan fingerprint density at radius 2 is 0.860 bits per heavy atom. The molecule has 0 unspecified atom stereocenters. The second-order valence-corrected chi connectivity index (χ2v) is 14.6. The second-order valence-electron chi connectivity index (χ2n) is 14.6. The zero-order chi connectivity index (χ0) is 37.7. The Morgan fingerprint density at radius 3 is 1.58 bits per heavy atom. The van der Waals surface area contributed by atoms with Crippen molar-refractivity contribution in [2.24, 2.45) is 0 Å².